The Balaban J connectivity index is 1.47. The van der Waals surface area contributed by atoms with E-state index in [0.717, 1.165) is 19.5 Å². The zero-order valence-corrected chi connectivity index (χ0v) is 13.9. The van der Waals surface area contributed by atoms with Gasteiger partial charge in [-0.25, -0.2) is 9.78 Å². The molecule has 0 bridgehead atoms. The largest absolute Gasteiger partial charge is 0.336 e. The first-order valence-electron chi connectivity index (χ1n) is 8.87. The van der Waals surface area contributed by atoms with Crippen molar-refractivity contribution >= 4 is 6.03 Å². The first-order chi connectivity index (χ1) is 11.8. The molecule has 5 heteroatoms. The molecule has 1 aromatic heterocycles. The molecule has 0 radical (unpaired) electrons. The number of benzene rings is 1. The second-order valence-electron chi connectivity index (χ2n) is 6.88. The number of hydrogen-bond donors (Lipinski definition) is 1. The van der Waals surface area contributed by atoms with E-state index in [2.05, 4.69) is 39.5 Å². The lowest BCUT2D eigenvalue weighted by Gasteiger charge is -2.61. The number of fused-ring (bicyclic) bond motifs is 1. The number of nitrogens with one attached hydrogen (secondary N) is 1. The van der Waals surface area contributed by atoms with Crippen LogP contribution in [0.5, 0.6) is 0 Å². The Hall–Kier alpha value is -2.30. The van der Waals surface area contributed by atoms with Crippen molar-refractivity contribution in [3.8, 4) is 0 Å². The fourth-order valence-corrected chi connectivity index (χ4v) is 4.43. The SMILES string of the molecule is O=C(NCCn1ccnc1)N1C[C@H]2CCCC[C@@]21c1ccccc1. The molecule has 1 N–H and O–H groups in total. The van der Waals surface area contributed by atoms with E-state index in [1.54, 1.807) is 12.5 Å². The number of hydrogen-bond acceptors (Lipinski definition) is 2. The molecular weight excluding hydrogens is 300 g/mol. The molecule has 2 heterocycles. The average molecular weight is 324 g/mol. The van der Waals surface area contributed by atoms with Crippen molar-refractivity contribution in [2.24, 2.45) is 5.92 Å². The zero-order valence-electron chi connectivity index (χ0n) is 13.9. The van der Waals surface area contributed by atoms with E-state index in [1.165, 1.54) is 24.8 Å². The smallest absolute Gasteiger partial charge is 0.318 e. The molecule has 4 rings (SSSR count). The molecule has 2 atom stereocenters. The number of imidazole rings is 1. The van der Waals surface area contributed by atoms with Crippen molar-refractivity contribution in [1.82, 2.24) is 19.8 Å². The quantitative estimate of drug-likeness (QED) is 0.940. The van der Waals surface area contributed by atoms with Crippen molar-refractivity contribution < 1.29 is 4.79 Å². The van der Waals surface area contributed by atoms with Gasteiger partial charge in [-0.15, -0.1) is 0 Å². The van der Waals surface area contributed by atoms with Crippen LogP contribution >= 0.6 is 0 Å². The Kier molecular flexibility index (Phi) is 4.00. The van der Waals surface area contributed by atoms with Gasteiger partial charge in [-0.1, -0.05) is 43.2 Å². The molecule has 2 aliphatic rings. The lowest BCUT2D eigenvalue weighted by Crippen LogP contribution is -2.69. The normalized spacial score (nSPS) is 25.7. The van der Waals surface area contributed by atoms with E-state index >= 15 is 0 Å². The second-order valence-corrected chi connectivity index (χ2v) is 6.88. The number of urea groups is 1. The first kappa shape index (κ1) is 15.2. The van der Waals surface area contributed by atoms with Gasteiger partial charge in [0.1, 0.15) is 0 Å². The van der Waals surface area contributed by atoms with Crippen LogP contribution < -0.4 is 5.32 Å². The van der Waals surface area contributed by atoms with Crippen molar-refractivity contribution in [3.63, 3.8) is 0 Å². The number of carbonyl (C=O) groups excluding carboxylic acids is 1. The van der Waals surface area contributed by atoms with Gasteiger partial charge in [0, 0.05) is 37.9 Å². The van der Waals surface area contributed by atoms with Crippen LogP contribution in [0.2, 0.25) is 0 Å². The van der Waals surface area contributed by atoms with Gasteiger partial charge in [-0.05, 0) is 18.4 Å². The molecule has 2 aromatic rings. The highest BCUT2D eigenvalue weighted by atomic mass is 16.2. The second kappa shape index (κ2) is 6.30. The first-order valence-corrected chi connectivity index (χ1v) is 8.87. The van der Waals surface area contributed by atoms with Crippen LogP contribution in [-0.4, -0.2) is 33.6 Å². The van der Waals surface area contributed by atoms with Crippen molar-refractivity contribution in [3.05, 3.63) is 54.6 Å². The lowest BCUT2D eigenvalue weighted by atomic mass is 9.62. The van der Waals surface area contributed by atoms with Gasteiger partial charge in [0.2, 0.25) is 0 Å². The predicted molar refractivity (Wildman–Crippen MR) is 92.4 cm³/mol. The molecule has 1 saturated heterocycles. The van der Waals surface area contributed by atoms with Gasteiger partial charge in [0.25, 0.3) is 0 Å². The summed E-state index contributed by atoms with van der Waals surface area (Å²) >= 11 is 0. The summed E-state index contributed by atoms with van der Waals surface area (Å²) in [5.41, 5.74) is 1.21. The van der Waals surface area contributed by atoms with E-state index in [-0.39, 0.29) is 11.6 Å². The number of carbonyl (C=O) groups is 1. The van der Waals surface area contributed by atoms with Crippen molar-refractivity contribution in [2.45, 2.75) is 37.8 Å². The number of amides is 2. The molecule has 0 spiro atoms. The molecule has 1 aliphatic carbocycles. The molecule has 5 nitrogen and oxygen atoms in total. The molecule has 1 saturated carbocycles. The Morgan fingerprint density at radius 2 is 2.17 bits per heavy atom. The Morgan fingerprint density at radius 1 is 1.29 bits per heavy atom. The third-order valence-corrected chi connectivity index (χ3v) is 5.64. The zero-order chi connectivity index (χ0) is 16.4. The summed E-state index contributed by atoms with van der Waals surface area (Å²) in [7, 11) is 0. The molecule has 1 aliphatic heterocycles. The third kappa shape index (κ3) is 2.48. The third-order valence-electron chi connectivity index (χ3n) is 5.64. The van der Waals surface area contributed by atoms with Crippen LogP contribution in [0.4, 0.5) is 4.79 Å². The van der Waals surface area contributed by atoms with Crippen LogP contribution in [0.15, 0.2) is 49.1 Å². The molecule has 2 amide bonds. The standard InChI is InChI=1S/C19H24N4O/c24-18(21-11-13-22-12-10-20-15-22)23-14-17-8-4-5-9-19(17,23)16-6-2-1-3-7-16/h1-3,6-7,10,12,15,17H,4-5,8-9,11,13-14H2,(H,21,24)/t17-,19-/m1/s1. The highest BCUT2D eigenvalue weighted by Gasteiger charge is 2.56. The van der Waals surface area contributed by atoms with Gasteiger partial charge in [-0.2, -0.15) is 0 Å². The lowest BCUT2D eigenvalue weighted by molar-refractivity contribution is -0.0793. The highest BCUT2D eigenvalue weighted by Crippen LogP contribution is 2.53. The fraction of sp³-hybridized carbons (Fsp3) is 0.474. The summed E-state index contributed by atoms with van der Waals surface area (Å²) in [6, 6.07) is 10.7. The van der Waals surface area contributed by atoms with E-state index < -0.39 is 0 Å². The Bertz CT molecular complexity index is 685. The van der Waals surface area contributed by atoms with E-state index in [0.29, 0.717) is 12.5 Å². The van der Waals surface area contributed by atoms with Gasteiger partial charge >= 0.3 is 6.03 Å². The monoisotopic (exact) mass is 324 g/mol. The van der Waals surface area contributed by atoms with Crippen LogP contribution in [0, 0.1) is 5.92 Å². The number of nitrogens with zero attached hydrogens (tertiary/aromatic N) is 3. The molecule has 126 valence electrons. The maximum atomic E-state index is 12.8. The maximum absolute atomic E-state index is 12.8. The highest BCUT2D eigenvalue weighted by molar-refractivity contribution is 5.77. The fourth-order valence-electron chi connectivity index (χ4n) is 4.43. The summed E-state index contributed by atoms with van der Waals surface area (Å²) in [4.78, 5) is 18.9. The van der Waals surface area contributed by atoms with Crippen LogP contribution in [0.25, 0.3) is 0 Å². The number of rotatable bonds is 4. The van der Waals surface area contributed by atoms with E-state index in [9.17, 15) is 4.79 Å². The maximum Gasteiger partial charge on any atom is 0.318 e. The predicted octanol–water partition coefficient (Wildman–Crippen LogP) is 2.99. The summed E-state index contributed by atoms with van der Waals surface area (Å²) in [6.45, 7) is 2.26. The van der Waals surface area contributed by atoms with Crippen LogP contribution in [-0.2, 0) is 12.1 Å². The minimum atomic E-state index is -0.0847. The summed E-state index contributed by atoms with van der Waals surface area (Å²) in [5.74, 6) is 0.605. The Morgan fingerprint density at radius 3 is 2.92 bits per heavy atom. The van der Waals surface area contributed by atoms with E-state index in [4.69, 9.17) is 0 Å². The Labute approximate surface area is 142 Å². The number of likely N-dealkylation sites (tertiary alicyclic amines) is 1. The van der Waals surface area contributed by atoms with Crippen molar-refractivity contribution in [1.29, 1.82) is 0 Å². The van der Waals surface area contributed by atoms with Gasteiger partial charge in [-0.3, -0.25) is 0 Å². The van der Waals surface area contributed by atoms with Gasteiger partial charge in [0.05, 0.1) is 11.9 Å². The molecule has 2 fully saturated rings. The molecule has 24 heavy (non-hydrogen) atoms. The van der Waals surface area contributed by atoms with Crippen molar-refractivity contribution in [2.75, 3.05) is 13.1 Å². The van der Waals surface area contributed by atoms with Crippen LogP contribution in [0.1, 0.15) is 31.2 Å². The molecule has 0 unspecified atom stereocenters. The summed E-state index contributed by atoms with van der Waals surface area (Å²) < 4.78 is 1.98. The number of aromatic nitrogens is 2. The van der Waals surface area contributed by atoms with Crippen LogP contribution in [0.3, 0.4) is 0 Å². The van der Waals surface area contributed by atoms with Gasteiger partial charge in [0.15, 0.2) is 0 Å². The summed E-state index contributed by atoms with van der Waals surface area (Å²) in [6.07, 6.45) is 10.2. The minimum Gasteiger partial charge on any atom is -0.336 e. The van der Waals surface area contributed by atoms with Gasteiger partial charge < -0.3 is 14.8 Å². The summed E-state index contributed by atoms with van der Waals surface area (Å²) in [5, 5.41) is 3.09. The molecular formula is C19H24N4O. The van der Waals surface area contributed by atoms with E-state index in [1.807, 2.05) is 16.8 Å². The topological polar surface area (TPSA) is 50.2 Å². The average Bonchev–Trinajstić information content (AvgIpc) is 3.10. The molecule has 1 aromatic carbocycles. The minimum absolute atomic E-state index is 0.0668.